The molecule has 0 spiro atoms. The number of nitrogens with two attached hydrogens (primary N) is 1. The Labute approximate surface area is 110 Å². The number of thioether (sulfide) groups is 1. The fraction of sp³-hybridized carbons (Fsp3) is 0.417. The van der Waals surface area contributed by atoms with E-state index in [-0.39, 0.29) is 0 Å². The molecule has 1 aromatic carbocycles. The highest BCUT2D eigenvalue weighted by Gasteiger charge is 2.06. The van der Waals surface area contributed by atoms with Gasteiger partial charge in [-0.3, -0.25) is 0 Å². The van der Waals surface area contributed by atoms with Crippen molar-refractivity contribution in [3.05, 3.63) is 17.1 Å². The number of hydrogen-bond acceptors (Lipinski definition) is 5. The van der Waals surface area contributed by atoms with Crippen LogP contribution in [-0.2, 0) is 0 Å². The van der Waals surface area contributed by atoms with E-state index in [2.05, 4.69) is 30.0 Å². The van der Waals surface area contributed by atoms with Crippen LogP contribution in [0.15, 0.2) is 17.0 Å². The van der Waals surface area contributed by atoms with Gasteiger partial charge in [-0.25, -0.2) is 4.98 Å². The van der Waals surface area contributed by atoms with Gasteiger partial charge in [0.05, 0.1) is 15.2 Å². The molecule has 0 saturated carbocycles. The van der Waals surface area contributed by atoms with Crippen molar-refractivity contribution in [3.8, 4) is 0 Å². The highest BCUT2D eigenvalue weighted by Crippen LogP contribution is 2.32. The van der Waals surface area contributed by atoms with Crippen LogP contribution in [0.4, 0.5) is 5.69 Å². The first-order valence-electron chi connectivity index (χ1n) is 5.50. The molecule has 2 N–H and O–H groups in total. The number of benzene rings is 1. The van der Waals surface area contributed by atoms with Crippen molar-refractivity contribution in [1.29, 1.82) is 0 Å². The number of thiazole rings is 1. The highest BCUT2D eigenvalue weighted by atomic mass is 32.2. The molecule has 1 heterocycles. The average Bonchev–Trinajstić information content (AvgIpc) is 2.57. The molecule has 0 radical (unpaired) electrons. The van der Waals surface area contributed by atoms with E-state index in [1.807, 2.05) is 13.0 Å². The average molecular weight is 267 g/mol. The molecule has 2 rings (SSSR count). The summed E-state index contributed by atoms with van der Waals surface area (Å²) in [5.41, 5.74) is 7.99. The number of fused-ring (bicyclic) bond motifs is 1. The van der Waals surface area contributed by atoms with Crippen LogP contribution in [0.25, 0.3) is 10.2 Å². The third-order valence-corrected chi connectivity index (χ3v) is 4.41. The van der Waals surface area contributed by atoms with Crippen LogP contribution < -0.4 is 5.73 Å². The summed E-state index contributed by atoms with van der Waals surface area (Å²) in [5, 5.41) is 1.09. The lowest BCUT2D eigenvalue weighted by atomic mass is 10.3. The Kier molecular flexibility index (Phi) is 3.91. The SMILES string of the molecule is Cc1nc2cc(SCCN(C)C)c(N)cc2s1. The summed E-state index contributed by atoms with van der Waals surface area (Å²) < 4.78 is 1.18. The van der Waals surface area contributed by atoms with Crippen LogP contribution in [0.2, 0.25) is 0 Å². The van der Waals surface area contributed by atoms with Gasteiger partial charge in [-0.05, 0) is 33.2 Å². The third-order valence-electron chi connectivity index (χ3n) is 2.42. The Bertz CT molecular complexity index is 520. The molecule has 1 aromatic heterocycles. The smallest absolute Gasteiger partial charge is 0.0907 e. The van der Waals surface area contributed by atoms with Crippen molar-refractivity contribution >= 4 is 39.0 Å². The number of hydrogen-bond donors (Lipinski definition) is 1. The second-order valence-corrected chi connectivity index (χ2v) is 6.61. The lowest BCUT2D eigenvalue weighted by Gasteiger charge is -2.09. The first-order valence-corrected chi connectivity index (χ1v) is 7.30. The van der Waals surface area contributed by atoms with Crippen LogP contribution in [0.5, 0.6) is 0 Å². The van der Waals surface area contributed by atoms with Gasteiger partial charge in [0.2, 0.25) is 0 Å². The molecule has 0 saturated heterocycles. The van der Waals surface area contributed by atoms with E-state index >= 15 is 0 Å². The number of nitrogen functional groups attached to an aromatic ring is 1. The van der Waals surface area contributed by atoms with Crippen molar-refractivity contribution in [3.63, 3.8) is 0 Å². The van der Waals surface area contributed by atoms with Gasteiger partial charge in [-0.15, -0.1) is 23.1 Å². The van der Waals surface area contributed by atoms with Gasteiger partial charge in [-0.1, -0.05) is 0 Å². The zero-order valence-electron chi connectivity index (χ0n) is 10.4. The van der Waals surface area contributed by atoms with Crippen molar-refractivity contribution in [2.75, 3.05) is 32.1 Å². The molecule has 0 fully saturated rings. The van der Waals surface area contributed by atoms with E-state index in [0.29, 0.717) is 0 Å². The normalized spacial score (nSPS) is 11.5. The standard InChI is InChI=1S/C12H17N3S2/c1-8-14-10-7-11(16-5-4-15(2)3)9(13)6-12(10)17-8/h6-7H,4-5,13H2,1-3H3. The van der Waals surface area contributed by atoms with Gasteiger partial charge in [0.25, 0.3) is 0 Å². The maximum absolute atomic E-state index is 6.06. The van der Waals surface area contributed by atoms with E-state index in [4.69, 9.17) is 5.73 Å². The van der Waals surface area contributed by atoms with Crippen LogP contribution in [0.3, 0.4) is 0 Å². The molecular weight excluding hydrogens is 250 g/mol. The van der Waals surface area contributed by atoms with Crippen molar-refractivity contribution in [2.24, 2.45) is 0 Å². The summed E-state index contributed by atoms with van der Waals surface area (Å²) in [6, 6.07) is 4.15. The van der Waals surface area contributed by atoms with E-state index < -0.39 is 0 Å². The lowest BCUT2D eigenvalue weighted by Crippen LogP contribution is -2.14. The molecule has 0 aliphatic carbocycles. The molecule has 0 atom stereocenters. The van der Waals surface area contributed by atoms with Gasteiger partial charge in [-0.2, -0.15) is 0 Å². The quantitative estimate of drug-likeness (QED) is 0.683. The third kappa shape index (κ3) is 3.12. The number of rotatable bonds is 4. The molecular formula is C12H17N3S2. The summed E-state index contributed by atoms with van der Waals surface area (Å²) in [4.78, 5) is 7.82. The van der Waals surface area contributed by atoms with E-state index in [1.165, 1.54) is 4.70 Å². The van der Waals surface area contributed by atoms with Crippen LogP contribution in [0.1, 0.15) is 5.01 Å². The minimum absolute atomic E-state index is 0.866. The van der Waals surface area contributed by atoms with Crippen LogP contribution >= 0.6 is 23.1 Å². The van der Waals surface area contributed by atoms with Gasteiger partial charge in [0.1, 0.15) is 0 Å². The molecule has 3 nitrogen and oxygen atoms in total. The van der Waals surface area contributed by atoms with Crippen molar-refractivity contribution < 1.29 is 0 Å². The number of aromatic nitrogens is 1. The molecule has 0 aliphatic heterocycles. The molecule has 5 heteroatoms. The summed E-state index contributed by atoms with van der Waals surface area (Å²) in [6.45, 7) is 3.08. The predicted octanol–water partition coefficient (Wildman–Crippen LogP) is 2.84. The maximum Gasteiger partial charge on any atom is 0.0907 e. The summed E-state index contributed by atoms with van der Waals surface area (Å²) >= 11 is 3.49. The predicted molar refractivity (Wildman–Crippen MR) is 78.0 cm³/mol. The van der Waals surface area contributed by atoms with E-state index in [0.717, 1.165) is 33.4 Å². The molecule has 0 unspecified atom stereocenters. The molecule has 0 aliphatic rings. The fourth-order valence-corrected chi connectivity index (χ4v) is 3.50. The molecule has 0 bridgehead atoms. The number of anilines is 1. The molecule has 92 valence electrons. The van der Waals surface area contributed by atoms with Crippen molar-refractivity contribution in [1.82, 2.24) is 9.88 Å². The van der Waals surface area contributed by atoms with Gasteiger partial charge in [0, 0.05) is 22.9 Å². The Morgan fingerprint density at radius 3 is 2.88 bits per heavy atom. The summed E-state index contributed by atoms with van der Waals surface area (Å²) in [5.74, 6) is 1.05. The molecule has 2 aromatic rings. The summed E-state index contributed by atoms with van der Waals surface area (Å²) in [6.07, 6.45) is 0. The van der Waals surface area contributed by atoms with Crippen LogP contribution in [-0.4, -0.2) is 36.3 Å². The number of nitrogens with zero attached hydrogens (tertiary/aromatic N) is 2. The second-order valence-electron chi connectivity index (χ2n) is 4.24. The molecule has 17 heavy (non-hydrogen) atoms. The Morgan fingerprint density at radius 1 is 1.41 bits per heavy atom. The van der Waals surface area contributed by atoms with Gasteiger partial charge in [0.15, 0.2) is 0 Å². The fourth-order valence-electron chi connectivity index (χ4n) is 1.55. The van der Waals surface area contributed by atoms with Gasteiger partial charge < -0.3 is 10.6 Å². The van der Waals surface area contributed by atoms with Crippen LogP contribution in [0, 0.1) is 6.92 Å². The number of aryl methyl sites for hydroxylation is 1. The van der Waals surface area contributed by atoms with Gasteiger partial charge >= 0.3 is 0 Å². The lowest BCUT2D eigenvalue weighted by molar-refractivity contribution is 0.437. The largest absolute Gasteiger partial charge is 0.398 e. The zero-order valence-corrected chi connectivity index (χ0v) is 12.0. The highest BCUT2D eigenvalue weighted by molar-refractivity contribution is 7.99. The van der Waals surface area contributed by atoms with Crippen molar-refractivity contribution in [2.45, 2.75) is 11.8 Å². The molecule has 0 amide bonds. The Morgan fingerprint density at radius 2 is 2.18 bits per heavy atom. The maximum atomic E-state index is 6.06. The monoisotopic (exact) mass is 267 g/mol. The zero-order chi connectivity index (χ0) is 12.4. The second kappa shape index (κ2) is 5.25. The Hall–Kier alpha value is -0.780. The van der Waals surface area contributed by atoms with E-state index in [9.17, 15) is 0 Å². The summed E-state index contributed by atoms with van der Waals surface area (Å²) in [7, 11) is 4.16. The minimum Gasteiger partial charge on any atom is -0.398 e. The minimum atomic E-state index is 0.866. The first-order chi connectivity index (χ1) is 8.06. The van der Waals surface area contributed by atoms with E-state index in [1.54, 1.807) is 23.1 Å². The topological polar surface area (TPSA) is 42.2 Å². The first kappa shape index (κ1) is 12.7. The Balaban J connectivity index is 2.18.